The van der Waals surface area contributed by atoms with E-state index < -0.39 is 11.5 Å². The van der Waals surface area contributed by atoms with E-state index in [0.29, 0.717) is 0 Å². The van der Waals surface area contributed by atoms with Gasteiger partial charge in [0.25, 0.3) is 0 Å². The van der Waals surface area contributed by atoms with Crippen molar-refractivity contribution < 1.29 is 10.0 Å². The molecule has 0 aromatic rings. The second kappa shape index (κ2) is 5.72. The van der Waals surface area contributed by atoms with Gasteiger partial charge in [0.15, 0.2) is 5.84 Å². The van der Waals surface area contributed by atoms with Gasteiger partial charge in [0.2, 0.25) is 5.91 Å². The van der Waals surface area contributed by atoms with Crippen LogP contribution in [0.5, 0.6) is 0 Å². The molecule has 0 aliphatic rings. The summed E-state index contributed by atoms with van der Waals surface area (Å²) in [4.78, 5) is 11.9. The Balaban J connectivity index is 4.73. The van der Waals surface area contributed by atoms with Crippen LogP contribution in [0, 0.1) is 11.3 Å². The SMILES string of the molecule is CCC(C)(C)C(=O)NC(C(N)=NO)C(C)C. The number of carbonyl (C=O) groups is 1. The molecule has 5 heteroatoms. The molecule has 1 unspecified atom stereocenters. The van der Waals surface area contributed by atoms with Crippen molar-refractivity contribution in [3.63, 3.8) is 0 Å². The van der Waals surface area contributed by atoms with Gasteiger partial charge in [0.05, 0.1) is 6.04 Å². The lowest BCUT2D eigenvalue weighted by Crippen LogP contribution is -2.51. The quantitative estimate of drug-likeness (QED) is 0.287. The Morgan fingerprint density at radius 2 is 2.00 bits per heavy atom. The molecule has 0 aromatic heterocycles. The smallest absolute Gasteiger partial charge is 0.226 e. The largest absolute Gasteiger partial charge is 0.409 e. The highest BCUT2D eigenvalue weighted by Crippen LogP contribution is 2.20. The Labute approximate surface area is 97.1 Å². The van der Waals surface area contributed by atoms with Crippen LogP contribution in [0.1, 0.15) is 41.0 Å². The molecule has 94 valence electrons. The fraction of sp³-hybridized carbons (Fsp3) is 0.818. The van der Waals surface area contributed by atoms with E-state index in [0.717, 1.165) is 6.42 Å². The molecule has 0 rings (SSSR count). The average Bonchev–Trinajstić information content (AvgIpc) is 2.23. The summed E-state index contributed by atoms with van der Waals surface area (Å²) < 4.78 is 0. The predicted octanol–water partition coefficient (Wildman–Crippen LogP) is 1.31. The highest BCUT2D eigenvalue weighted by atomic mass is 16.4. The van der Waals surface area contributed by atoms with E-state index in [2.05, 4.69) is 10.5 Å². The first-order valence-corrected chi connectivity index (χ1v) is 5.54. The first kappa shape index (κ1) is 14.7. The third-order valence-corrected chi connectivity index (χ3v) is 2.89. The second-order valence-corrected chi connectivity index (χ2v) is 4.96. The number of amides is 1. The van der Waals surface area contributed by atoms with Crippen molar-refractivity contribution in [1.29, 1.82) is 0 Å². The van der Waals surface area contributed by atoms with E-state index in [1.54, 1.807) is 0 Å². The highest BCUT2D eigenvalue weighted by Gasteiger charge is 2.29. The third-order valence-electron chi connectivity index (χ3n) is 2.89. The van der Waals surface area contributed by atoms with Crippen LogP contribution in [0.3, 0.4) is 0 Å². The van der Waals surface area contributed by atoms with Gasteiger partial charge in [-0.05, 0) is 12.3 Å². The van der Waals surface area contributed by atoms with E-state index in [9.17, 15) is 4.79 Å². The predicted molar refractivity (Wildman–Crippen MR) is 64.2 cm³/mol. The molecule has 0 saturated heterocycles. The maximum absolute atomic E-state index is 11.9. The fourth-order valence-corrected chi connectivity index (χ4v) is 1.14. The van der Waals surface area contributed by atoms with Crippen molar-refractivity contribution >= 4 is 11.7 Å². The molecule has 0 fully saturated rings. The zero-order valence-corrected chi connectivity index (χ0v) is 10.7. The summed E-state index contributed by atoms with van der Waals surface area (Å²) in [6.07, 6.45) is 0.736. The lowest BCUT2D eigenvalue weighted by molar-refractivity contribution is -0.130. The van der Waals surface area contributed by atoms with Crippen molar-refractivity contribution in [2.75, 3.05) is 0 Å². The number of hydrogen-bond acceptors (Lipinski definition) is 3. The van der Waals surface area contributed by atoms with Gasteiger partial charge in [-0.1, -0.05) is 39.8 Å². The van der Waals surface area contributed by atoms with E-state index in [1.165, 1.54) is 0 Å². The minimum Gasteiger partial charge on any atom is -0.409 e. The Morgan fingerprint density at radius 3 is 2.31 bits per heavy atom. The Kier molecular flexibility index (Phi) is 5.27. The number of amidine groups is 1. The molecule has 5 nitrogen and oxygen atoms in total. The van der Waals surface area contributed by atoms with Gasteiger partial charge in [-0.3, -0.25) is 4.79 Å². The van der Waals surface area contributed by atoms with Gasteiger partial charge < -0.3 is 16.3 Å². The first-order valence-electron chi connectivity index (χ1n) is 5.54. The summed E-state index contributed by atoms with van der Waals surface area (Å²) >= 11 is 0. The minimum atomic E-state index is -0.442. The maximum Gasteiger partial charge on any atom is 0.226 e. The van der Waals surface area contributed by atoms with Crippen LogP contribution in [-0.2, 0) is 4.79 Å². The molecule has 1 amide bonds. The van der Waals surface area contributed by atoms with Crippen molar-refractivity contribution in [2.24, 2.45) is 22.2 Å². The van der Waals surface area contributed by atoms with Gasteiger partial charge in [0.1, 0.15) is 0 Å². The number of nitrogens with one attached hydrogen (secondary N) is 1. The molecule has 0 aliphatic carbocycles. The van der Waals surface area contributed by atoms with E-state index in [1.807, 2.05) is 34.6 Å². The van der Waals surface area contributed by atoms with Gasteiger partial charge in [-0.25, -0.2) is 0 Å². The van der Waals surface area contributed by atoms with Crippen molar-refractivity contribution in [1.82, 2.24) is 5.32 Å². The molecular formula is C11H23N3O2. The zero-order valence-electron chi connectivity index (χ0n) is 10.7. The molecule has 0 heterocycles. The van der Waals surface area contributed by atoms with Crippen LogP contribution >= 0.6 is 0 Å². The molecule has 0 aliphatic heterocycles. The maximum atomic E-state index is 11.9. The zero-order chi connectivity index (χ0) is 12.9. The molecular weight excluding hydrogens is 206 g/mol. The van der Waals surface area contributed by atoms with Gasteiger partial charge >= 0.3 is 0 Å². The summed E-state index contributed by atoms with van der Waals surface area (Å²) in [6.45, 7) is 9.50. The summed E-state index contributed by atoms with van der Waals surface area (Å²) in [6, 6.07) is -0.427. The standard InChI is InChI=1S/C11H23N3O2/c1-6-11(4,5)10(15)13-8(7(2)3)9(12)14-16/h7-8,16H,6H2,1-5H3,(H2,12,14)(H,13,15). The molecule has 0 radical (unpaired) electrons. The second-order valence-electron chi connectivity index (χ2n) is 4.96. The highest BCUT2D eigenvalue weighted by molar-refractivity contribution is 5.91. The summed E-state index contributed by atoms with van der Waals surface area (Å²) in [5.41, 5.74) is 5.09. The normalized spacial score (nSPS) is 15.0. The molecule has 0 saturated carbocycles. The van der Waals surface area contributed by atoms with Crippen LogP contribution < -0.4 is 11.1 Å². The van der Waals surface area contributed by atoms with Crippen molar-refractivity contribution in [3.05, 3.63) is 0 Å². The van der Waals surface area contributed by atoms with E-state index >= 15 is 0 Å². The summed E-state index contributed by atoms with van der Waals surface area (Å²) in [5, 5.41) is 14.4. The monoisotopic (exact) mass is 229 g/mol. The number of nitrogens with two attached hydrogens (primary N) is 1. The summed E-state index contributed by atoms with van der Waals surface area (Å²) in [5.74, 6) is 0.0306. The van der Waals surface area contributed by atoms with Crippen LogP contribution in [0.25, 0.3) is 0 Å². The number of hydrogen-bond donors (Lipinski definition) is 3. The minimum absolute atomic E-state index is 0.0373. The van der Waals surface area contributed by atoms with Crippen LogP contribution in [0.15, 0.2) is 5.16 Å². The number of rotatable bonds is 5. The molecule has 1 atom stereocenters. The molecule has 0 spiro atoms. The number of carbonyl (C=O) groups excluding carboxylic acids is 1. The van der Waals surface area contributed by atoms with E-state index in [4.69, 9.17) is 10.9 Å². The third kappa shape index (κ3) is 3.72. The number of nitrogens with zero attached hydrogens (tertiary/aromatic N) is 1. The van der Waals surface area contributed by atoms with Gasteiger partial charge in [-0.15, -0.1) is 0 Å². The lowest BCUT2D eigenvalue weighted by atomic mass is 9.88. The molecule has 0 aromatic carbocycles. The Morgan fingerprint density at radius 1 is 1.50 bits per heavy atom. The first-order chi connectivity index (χ1) is 7.26. The van der Waals surface area contributed by atoms with Crippen LogP contribution in [-0.4, -0.2) is 23.0 Å². The Bertz CT molecular complexity index is 272. The van der Waals surface area contributed by atoms with Crippen molar-refractivity contribution in [3.8, 4) is 0 Å². The summed E-state index contributed by atoms with van der Waals surface area (Å²) in [7, 11) is 0. The van der Waals surface area contributed by atoms with Gasteiger partial charge in [-0.2, -0.15) is 0 Å². The fourth-order valence-electron chi connectivity index (χ4n) is 1.14. The van der Waals surface area contributed by atoms with Crippen LogP contribution in [0.2, 0.25) is 0 Å². The molecule has 16 heavy (non-hydrogen) atoms. The number of oxime groups is 1. The van der Waals surface area contributed by atoms with Crippen LogP contribution in [0.4, 0.5) is 0 Å². The molecule has 0 bridgehead atoms. The van der Waals surface area contributed by atoms with Crippen molar-refractivity contribution in [2.45, 2.75) is 47.1 Å². The topological polar surface area (TPSA) is 87.7 Å². The van der Waals surface area contributed by atoms with Gasteiger partial charge in [0, 0.05) is 5.41 Å². The average molecular weight is 229 g/mol. The Hall–Kier alpha value is -1.26. The lowest BCUT2D eigenvalue weighted by Gasteiger charge is -2.27. The molecule has 4 N–H and O–H groups in total. The van der Waals surface area contributed by atoms with E-state index in [-0.39, 0.29) is 17.7 Å².